The molecule has 0 saturated carbocycles. The minimum Gasteiger partial charge on any atom is -0.311 e. The molecule has 3 aromatic carbocycles. The van der Waals surface area contributed by atoms with Crippen LogP contribution in [-0.4, -0.2) is 39.1 Å². The molecule has 0 bridgehead atoms. The van der Waals surface area contributed by atoms with Crippen LogP contribution in [0, 0.1) is 0 Å². The molecule has 0 amide bonds. The SMILES string of the molecule is Brc1ccc(N(c2ccc(Br)cc2)c2ccc(Br)cc2)cc1.O=P(O)(O)OP(=O)(O)OP(=O)(O)OP(=O)(O)OP(=O)(O)OP(=O)(O)O. The van der Waals surface area contributed by atoms with Crippen LogP contribution in [0.1, 0.15) is 0 Å². The molecule has 0 fully saturated rings. The molecule has 0 heterocycles. The molecule has 29 heteroatoms. The molecule has 20 nitrogen and oxygen atoms in total. The molecule has 0 aliphatic heterocycles. The van der Waals surface area contributed by atoms with Gasteiger partial charge >= 0.3 is 46.9 Å². The number of halogens is 3. The molecule has 4 atom stereocenters. The lowest BCUT2D eigenvalue weighted by atomic mass is 10.2. The van der Waals surface area contributed by atoms with E-state index in [-0.39, 0.29) is 0 Å². The van der Waals surface area contributed by atoms with E-state index >= 15 is 0 Å². The Hall–Kier alpha value is -0.240. The maximum Gasteiger partial charge on any atom is 0.490 e. The molecule has 262 valence electrons. The molecule has 4 unspecified atom stereocenters. The number of rotatable bonds is 13. The van der Waals surface area contributed by atoms with Crippen LogP contribution in [0.4, 0.5) is 17.1 Å². The predicted octanol–water partition coefficient (Wildman–Crippen LogP) is 7.10. The third kappa shape index (κ3) is 17.0. The van der Waals surface area contributed by atoms with Crippen LogP contribution in [0.5, 0.6) is 0 Å². The quantitative estimate of drug-likeness (QED) is 0.0792. The summed E-state index contributed by atoms with van der Waals surface area (Å²) in [5, 5.41) is 0. The smallest absolute Gasteiger partial charge is 0.311 e. The molecule has 3 aromatic rings. The Bertz CT molecular complexity index is 1650. The Kier molecular flexibility index (Phi) is 15.4. The summed E-state index contributed by atoms with van der Waals surface area (Å²) in [5.74, 6) is 0. The monoisotopic (exact) mass is 977 g/mol. The number of nitrogens with zero attached hydrogens (tertiary/aromatic N) is 1. The van der Waals surface area contributed by atoms with Gasteiger partial charge in [0.15, 0.2) is 0 Å². The maximum atomic E-state index is 11.2. The van der Waals surface area contributed by atoms with Crippen molar-refractivity contribution < 1.29 is 88.1 Å². The van der Waals surface area contributed by atoms with Gasteiger partial charge in [-0.05, 0) is 72.8 Å². The fraction of sp³-hybridized carbons (Fsp3) is 0. The van der Waals surface area contributed by atoms with Gasteiger partial charge in [0.05, 0.1) is 0 Å². The maximum absolute atomic E-state index is 11.2. The van der Waals surface area contributed by atoms with E-state index in [1.165, 1.54) is 0 Å². The minimum atomic E-state index is -6.26. The second-order valence-corrected chi connectivity index (χ2v) is 19.8. The molecule has 0 radical (unpaired) electrons. The molecular weight excluding hydrogens is 960 g/mol. The van der Waals surface area contributed by atoms with E-state index in [9.17, 15) is 27.4 Å². The van der Waals surface area contributed by atoms with Gasteiger partial charge in [0.2, 0.25) is 0 Å². The van der Waals surface area contributed by atoms with Gasteiger partial charge in [-0.15, -0.1) is 0 Å². The van der Waals surface area contributed by atoms with E-state index in [4.69, 9.17) is 39.1 Å². The lowest BCUT2D eigenvalue weighted by molar-refractivity contribution is 0.184. The number of benzene rings is 3. The zero-order valence-corrected chi connectivity index (χ0v) is 32.4. The first-order chi connectivity index (χ1) is 21.2. The summed E-state index contributed by atoms with van der Waals surface area (Å²) in [4.78, 5) is 70.3. The molecule has 0 aliphatic carbocycles. The molecule has 0 saturated heterocycles. The topological polar surface area (TPSA) is 314 Å². The third-order valence-electron chi connectivity index (χ3n) is 4.29. The summed E-state index contributed by atoms with van der Waals surface area (Å²) in [6, 6.07) is 25.0. The average molecular weight is 980 g/mol. The lowest BCUT2D eigenvalue weighted by Crippen LogP contribution is -2.09. The highest BCUT2D eigenvalue weighted by molar-refractivity contribution is 9.11. The first-order valence-corrected chi connectivity index (χ1v) is 22.6. The van der Waals surface area contributed by atoms with Gasteiger partial charge in [-0.1, -0.05) is 47.8 Å². The van der Waals surface area contributed by atoms with Crippen molar-refractivity contribution in [2.24, 2.45) is 0 Å². The highest BCUT2D eigenvalue weighted by Crippen LogP contribution is 2.74. The van der Waals surface area contributed by atoms with Crippen LogP contribution in [0.15, 0.2) is 86.2 Å². The Morgan fingerprint density at radius 1 is 0.383 bits per heavy atom. The van der Waals surface area contributed by atoms with E-state index in [1.54, 1.807) is 0 Å². The normalized spacial score (nSPS) is 17.2. The summed E-state index contributed by atoms with van der Waals surface area (Å²) in [7, 11) is -36.2. The second-order valence-electron chi connectivity index (χ2n) is 8.03. The van der Waals surface area contributed by atoms with Crippen LogP contribution < -0.4 is 4.90 Å². The van der Waals surface area contributed by atoms with Crippen molar-refractivity contribution in [3.05, 3.63) is 86.2 Å². The van der Waals surface area contributed by atoms with Crippen LogP contribution in [0.25, 0.3) is 0 Å². The molecule has 8 N–H and O–H groups in total. The summed E-state index contributed by atoms with van der Waals surface area (Å²) < 4.78 is 83.7. The van der Waals surface area contributed by atoms with Gasteiger partial charge in [-0.3, -0.25) is 0 Å². The fourth-order valence-electron chi connectivity index (χ4n) is 2.94. The van der Waals surface area contributed by atoms with Gasteiger partial charge in [-0.2, -0.15) is 21.6 Å². The van der Waals surface area contributed by atoms with Crippen molar-refractivity contribution in [2.45, 2.75) is 0 Å². The largest absolute Gasteiger partial charge is 0.490 e. The molecular formula is C18H20Br3NO19P6. The van der Waals surface area contributed by atoms with E-state index in [1.807, 2.05) is 0 Å². The van der Waals surface area contributed by atoms with Crippen molar-refractivity contribution in [2.75, 3.05) is 4.90 Å². The first-order valence-electron chi connectivity index (χ1n) is 11.2. The zero-order valence-electron chi connectivity index (χ0n) is 22.3. The second kappa shape index (κ2) is 16.9. The van der Waals surface area contributed by atoms with Crippen molar-refractivity contribution >= 4 is 112 Å². The third-order valence-corrected chi connectivity index (χ3v) is 14.2. The summed E-state index contributed by atoms with van der Waals surface area (Å²) in [5.41, 5.74) is 3.36. The van der Waals surface area contributed by atoms with E-state index in [2.05, 4.69) is 147 Å². The summed E-state index contributed by atoms with van der Waals surface area (Å²) >= 11 is 10.5. The van der Waals surface area contributed by atoms with Crippen molar-refractivity contribution in [1.82, 2.24) is 0 Å². The summed E-state index contributed by atoms with van der Waals surface area (Å²) in [6.07, 6.45) is 0. The molecule has 0 aromatic heterocycles. The number of hydrogen-bond donors (Lipinski definition) is 8. The average Bonchev–Trinajstić information content (AvgIpc) is 2.82. The summed E-state index contributed by atoms with van der Waals surface area (Å²) in [6.45, 7) is 0. The Balaban J connectivity index is 0.000000328. The lowest BCUT2D eigenvalue weighted by Gasteiger charge is -2.25. The molecule has 0 aliphatic rings. The Labute approximate surface area is 289 Å². The van der Waals surface area contributed by atoms with Gasteiger partial charge in [0, 0.05) is 30.5 Å². The van der Waals surface area contributed by atoms with E-state index in [0.717, 1.165) is 30.5 Å². The van der Waals surface area contributed by atoms with Gasteiger partial charge < -0.3 is 44.0 Å². The molecule has 3 rings (SSSR count). The van der Waals surface area contributed by atoms with Crippen molar-refractivity contribution in [3.63, 3.8) is 0 Å². The van der Waals surface area contributed by atoms with E-state index < -0.39 is 46.9 Å². The number of hydrogen-bond acceptors (Lipinski definition) is 12. The van der Waals surface area contributed by atoms with Gasteiger partial charge in [0.25, 0.3) is 0 Å². The number of phosphoric acid groups is 6. The standard InChI is InChI=1S/C18H12Br3N.H8O19P6/c19-13-1-7-16(8-2-13)22(17-9-3-14(20)4-10-17)18-11-5-15(21)6-12-18;1-20(2,3)15-22(7,8)17-24(11,12)19-25(13,14)18-23(9,10)16-21(4,5)6/h1-12H;(H,7,8)(H,9,10)(H,11,12)(H,13,14)(H2,1,2,3)(H2,4,5,6). The Morgan fingerprint density at radius 2 is 0.574 bits per heavy atom. The molecule has 47 heavy (non-hydrogen) atoms. The highest BCUT2D eigenvalue weighted by atomic mass is 79.9. The number of anilines is 3. The fourth-order valence-corrected chi connectivity index (χ4v) is 10.6. The van der Waals surface area contributed by atoms with Crippen LogP contribution >= 0.6 is 94.7 Å². The Morgan fingerprint density at radius 3 is 0.766 bits per heavy atom. The zero-order chi connectivity index (χ0) is 36.1. The van der Waals surface area contributed by atoms with E-state index in [0.29, 0.717) is 0 Å². The van der Waals surface area contributed by atoms with Crippen molar-refractivity contribution in [3.8, 4) is 0 Å². The minimum absolute atomic E-state index is 1.07. The van der Waals surface area contributed by atoms with Crippen LogP contribution in [-0.2, 0) is 48.9 Å². The van der Waals surface area contributed by atoms with Gasteiger partial charge in [0.1, 0.15) is 0 Å². The van der Waals surface area contributed by atoms with Crippen LogP contribution in [0.3, 0.4) is 0 Å². The van der Waals surface area contributed by atoms with Crippen LogP contribution in [0.2, 0.25) is 0 Å². The van der Waals surface area contributed by atoms with Gasteiger partial charge in [-0.25, -0.2) is 27.4 Å². The first kappa shape index (κ1) is 42.9. The highest BCUT2D eigenvalue weighted by Gasteiger charge is 2.48. The predicted molar refractivity (Wildman–Crippen MR) is 173 cm³/mol. The molecule has 0 spiro atoms. The van der Waals surface area contributed by atoms with Crippen molar-refractivity contribution in [1.29, 1.82) is 0 Å².